The zero-order valence-electron chi connectivity index (χ0n) is 12.4. The van der Waals surface area contributed by atoms with Crippen molar-refractivity contribution in [2.45, 2.75) is 0 Å². The Balaban J connectivity index is 1.95. The quantitative estimate of drug-likeness (QED) is 0.583. The number of H-pyrrole nitrogens is 2. The molecule has 0 radical (unpaired) electrons. The molecule has 4 aromatic rings. The first kappa shape index (κ1) is 13.4. The van der Waals surface area contributed by atoms with Gasteiger partial charge >= 0.3 is 0 Å². The van der Waals surface area contributed by atoms with Crippen molar-refractivity contribution in [2.75, 3.05) is 0 Å². The van der Waals surface area contributed by atoms with Crippen molar-refractivity contribution in [2.24, 2.45) is 0 Å². The Hall–Kier alpha value is -3.27. The maximum absolute atomic E-state index is 12.7. The highest BCUT2D eigenvalue weighted by atomic mass is 16.1. The first-order chi connectivity index (χ1) is 11.2. The van der Waals surface area contributed by atoms with Crippen molar-refractivity contribution in [3.8, 4) is 5.69 Å². The van der Waals surface area contributed by atoms with Crippen LogP contribution in [0.2, 0.25) is 0 Å². The van der Waals surface area contributed by atoms with Crippen molar-refractivity contribution in [3.63, 3.8) is 0 Å². The average molecular weight is 301 g/mol. The van der Waals surface area contributed by atoms with E-state index in [1.807, 2.05) is 66.9 Å². The molecule has 0 fully saturated rings. The van der Waals surface area contributed by atoms with Crippen LogP contribution in [0.3, 0.4) is 0 Å². The third-order valence-electron chi connectivity index (χ3n) is 3.94. The van der Waals surface area contributed by atoms with E-state index in [1.165, 1.54) is 4.68 Å². The summed E-state index contributed by atoms with van der Waals surface area (Å²) in [7, 11) is 0. The highest BCUT2D eigenvalue weighted by molar-refractivity contribution is 5.88. The summed E-state index contributed by atoms with van der Waals surface area (Å²) in [6.07, 6.45) is 3.78. The van der Waals surface area contributed by atoms with Gasteiger partial charge in [-0.2, -0.15) is 0 Å². The predicted octanol–water partition coefficient (Wildman–Crippen LogP) is 1.89. The van der Waals surface area contributed by atoms with Gasteiger partial charge in [0.05, 0.1) is 16.3 Å². The summed E-state index contributed by atoms with van der Waals surface area (Å²) in [4.78, 5) is 15.9. The Bertz CT molecular complexity index is 1150. The van der Waals surface area contributed by atoms with Gasteiger partial charge in [-0.15, -0.1) is 0 Å². The predicted molar refractivity (Wildman–Crippen MR) is 93.0 cm³/mol. The van der Waals surface area contributed by atoms with Crippen molar-refractivity contribution >= 4 is 23.6 Å². The van der Waals surface area contributed by atoms with Gasteiger partial charge in [0.1, 0.15) is 0 Å². The average Bonchev–Trinajstić information content (AvgIpc) is 3.12. The van der Waals surface area contributed by atoms with Gasteiger partial charge < -0.3 is 4.98 Å². The molecule has 4 rings (SSSR count). The van der Waals surface area contributed by atoms with Crippen molar-refractivity contribution in [1.29, 1.82) is 0 Å². The molecule has 2 aromatic heterocycles. The van der Waals surface area contributed by atoms with Crippen LogP contribution in [0.15, 0.2) is 65.6 Å². The third-order valence-corrected chi connectivity index (χ3v) is 3.94. The van der Waals surface area contributed by atoms with E-state index in [9.17, 15) is 4.79 Å². The lowest BCUT2D eigenvalue weighted by Crippen LogP contribution is -2.33. The topological polar surface area (TPSA) is 53.6 Å². The largest absolute Gasteiger partial charge is 0.361 e. The van der Waals surface area contributed by atoms with Gasteiger partial charge in [-0.25, -0.2) is 4.68 Å². The lowest BCUT2D eigenvalue weighted by atomic mass is 10.1. The van der Waals surface area contributed by atoms with Gasteiger partial charge in [0.15, 0.2) is 0 Å². The summed E-state index contributed by atoms with van der Waals surface area (Å²) in [5, 5.41) is 5.29. The standard InChI is InChI=1S/C19H15N3O/c1-13-17(11-14-12-20-18-10-6-5-9-16(14)18)19(23)22(21-13)15-7-3-2-4-8-15/h2-12,20-21H,1H2/b17-11-. The van der Waals surface area contributed by atoms with E-state index in [2.05, 4.69) is 16.7 Å². The minimum Gasteiger partial charge on any atom is -0.361 e. The van der Waals surface area contributed by atoms with Crippen LogP contribution in [-0.4, -0.2) is 14.8 Å². The summed E-state index contributed by atoms with van der Waals surface area (Å²) in [6.45, 7) is 3.97. The second-order valence-electron chi connectivity index (χ2n) is 5.41. The molecule has 0 amide bonds. The highest BCUT2D eigenvalue weighted by Crippen LogP contribution is 2.17. The first-order valence-corrected chi connectivity index (χ1v) is 7.37. The van der Waals surface area contributed by atoms with Crippen LogP contribution in [0.1, 0.15) is 5.56 Å². The van der Waals surface area contributed by atoms with Gasteiger partial charge in [-0.05, 0) is 24.3 Å². The Morgan fingerprint density at radius 1 is 1.00 bits per heavy atom. The number of aromatic nitrogens is 3. The van der Waals surface area contributed by atoms with E-state index in [4.69, 9.17) is 0 Å². The summed E-state index contributed by atoms with van der Waals surface area (Å²) in [5.41, 5.74) is 2.71. The van der Waals surface area contributed by atoms with Crippen LogP contribution in [0.4, 0.5) is 0 Å². The molecule has 4 nitrogen and oxygen atoms in total. The van der Waals surface area contributed by atoms with Crippen molar-refractivity contribution in [3.05, 3.63) is 87.3 Å². The Morgan fingerprint density at radius 2 is 1.74 bits per heavy atom. The molecular formula is C19H15N3O. The molecule has 2 N–H and O–H groups in total. The summed E-state index contributed by atoms with van der Waals surface area (Å²) in [6, 6.07) is 17.5. The Kier molecular flexibility index (Phi) is 3.01. The molecule has 23 heavy (non-hydrogen) atoms. The molecule has 0 aliphatic carbocycles. The fourth-order valence-corrected chi connectivity index (χ4v) is 2.77. The Morgan fingerprint density at radius 3 is 2.57 bits per heavy atom. The van der Waals surface area contributed by atoms with Crippen LogP contribution in [0, 0.1) is 0 Å². The number of rotatable bonds is 2. The van der Waals surface area contributed by atoms with Gasteiger partial charge in [0.2, 0.25) is 0 Å². The number of hydrogen-bond acceptors (Lipinski definition) is 1. The number of para-hydroxylation sites is 2. The lowest BCUT2D eigenvalue weighted by Gasteiger charge is -1.98. The monoisotopic (exact) mass is 301 g/mol. The molecule has 2 heterocycles. The van der Waals surface area contributed by atoms with Gasteiger partial charge in [0, 0.05) is 22.7 Å². The molecule has 0 aliphatic heterocycles. The smallest absolute Gasteiger partial charge is 0.279 e. The molecule has 0 atom stereocenters. The molecule has 0 saturated heterocycles. The van der Waals surface area contributed by atoms with E-state index in [-0.39, 0.29) is 5.56 Å². The summed E-state index contributed by atoms with van der Waals surface area (Å²) < 4.78 is 1.52. The molecule has 4 heteroatoms. The SMILES string of the molecule is C=c1[nH]n(-c2ccccc2)c(=O)/c1=C\c1c[nH]c2ccccc12. The second kappa shape index (κ2) is 5.18. The zero-order valence-corrected chi connectivity index (χ0v) is 12.4. The number of benzene rings is 2. The summed E-state index contributed by atoms with van der Waals surface area (Å²) in [5.74, 6) is 0. The summed E-state index contributed by atoms with van der Waals surface area (Å²) >= 11 is 0. The minimum absolute atomic E-state index is 0.105. The number of fused-ring (bicyclic) bond motifs is 1. The van der Waals surface area contributed by atoms with Crippen LogP contribution in [-0.2, 0) is 0 Å². The lowest BCUT2D eigenvalue weighted by molar-refractivity contribution is 0.838. The molecule has 112 valence electrons. The number of nitrogens with zero attached hydrogens (tertiary/aromatic N) is 1. The van der Waals surface area contributed by atoms with Crippen molar-refractivity contribution < 1.29 is 0 Å². The van der Waals surface area contributed by atoms with E-state index in [0.717, 1.165) is 22.2 Å². The van der Waals surface area contributed by atoms with Gasteiger partial charge in [0.25, 0.3) is 5.56 Å². The van der Waals surface area contributed by atoms with E-state index < -0.39 is 0 Å². The molecule has 0 spiro atoms. The maximum atomic E-state index is 12.7. The fraction of sp³-hybridized carbons (Fsp3) is 0. The van der Waals surface area contributed by atoms with Crippen molar-refractivity contribution in [1.82, 2.24) is 14.8 Å². The zero-order chi connectivity index (χ0) is 15.8. The molecule has 0 unspecified atom stereocenters. The van der Waals surface area contributed by atoms with Crippen LogP contribution in [0.25, 0.3) is 29.2 Å². The molecule has 0 bridgehead atoms. The molecule has 0 saturated carbocycles. The third kappa shape index (κ3) is 2.21. The Labute approximate surface area is 132 Å². The van der Waals surface area contributed by atoms with E-state index >= 15 is 0 Å². The molecule has 2 aromatic carbocycles. The number of aromatic amines is 2. The highest BCUT2D eigenvalue weighted by Gasteiger charge is 2.06. The number of nitrogens with one attached hydrogen (secondary N) is 2. The molecule has 0 aliphatic rings. The number of hydrogen-bond donors (Lipinski definition) is 2. The van der Waals surface area contributed by atoms with Crippen LogP contribution < -0.4 is 16.1 Å². The fourth-order valence-electron chi connectivity index (χ4n) is 2.77. The van der Waals surface area contributed by atoms with Gasteiger partial charge in [-0.1, -0.05) is 43.0 Å². The second-order valence-corrected chi connectivity index (χ2v) is 5.41. The van der Waals surface area contributed by atoms with E-state index in [0.29, 0.717) is 10.6 Å². The minimum atomic E-state index is -0.105. The van der Waals surface area contributed by atoms with E-state index in [1.54, 1.807) is 0 Å². The maximum Gasteiger partial charge on any atom is 0.279 e. The molecular weight excluding hydrogens is 286 g/mol. The van der Waals surface area contributed by atoms with Crippen LogP contribution in [0.5, 0.6) is 0 Å². The van der Waals surface area contributed by atoms with Crippen LogP contribution >= 0.6 is 0 Å². The first-order valence-electron chi connectivity index (χ1n) is 7.37. The normalized spacial score (nSPS) is 12.1. The van der Waals surface area contributed by atoms with Gasteiger partial charge in [-0.3, -0.25) is 9.89 Å².